The Morgan fingerprint density at radius 1 is 1.33 bits per heavy atom. The fourth-order valence-electron chi connectivity index (χ4n) is 1.37. The van der Waals surface area contributed by atoms with Crippen molar-refractivity contribution in [2.75, 3.05) is 4.72 Å². The summed E-state index contributed by atoms with van der Waals surface area (Å²) in [6, 6.07) is 3.32. The molecule has 18 heavy (non-hydrogen) atoms. The van der Waals surface area contributed by atoms with Gasteiger partial charge in [-0.15, -0.1) is 0 Å². The van der Waals surface area contributed by atoms with Crippen LogP contribution in [0.25, 0.3) is 0 Å². The highest BCUT2D eigenvalue weighted by Gasteiger charge is 2.17. The number of anilines is 1. The fraction of sp³-hybridized carbons (Fsp3) is 0.200. The van der Waals surface area contributed by atoms with Crippen molar-refractivity contribution in [3.05, 3.63) is 34.5 Å². The third-order valence-corrected chi connectivity index (χ3v) is 3.98. The van der Waals surface area contributed by atoms with Gasteiger partial charge in [0.15, 0.2) is 5.03 Å². The van der Waals surface area contributed by atoms with Crippen LogP contribution in [-0.4, -0.2) is 23.4 Å². The monoisotopic (exact) mass is 330 g/mol. The van der Waals surface area contributed by atoms with E-state index in [1.54, 1.807) is 26.0 Å². The summed E-state index contributed by atoms with van der Waals surface area (Å²) in [6.07, 6.45) is 1.28. The summed E-state index contributed by atoms with van der Waals surface area (Å²) in [7, 11) is -3.65. The molecule has 96 valence electrons. The minimum Gasteiger partial charge on any atom is -0.332 e. The molecule has 2 rings (SSSR count). The number of pyridine rings is 1. The number of aromatic nitrogens is 3. The summed E-state index contributed by atoms with van der Waals surface area (Å²) in [6.45, 7) is 3.41. The van der Waals surface area contributed by atoms with Crippen LogP contribution in [0.3, 0.4) is 0 Å². The van der Waals surface area contributed by atoms with Crippen molar-refractivity contribution in [1.29, 1.82) is 0 Å². The van der Waals surface area contributed by atoms with Crippen molar-refractivity contribution in [3.8, 4) is 0 Å². The van der Waals surface area contributed by atoms with Crippen molar-refractivity contribution >= 4 is 31.6 Å². The van der Waals surface area contributed by atoms with Gasteiger partial charge in [0, 0.05) is 0 Å². The van der Waals surface area contributed by atoms with Crippen molar-refractivity contribution in [3.63, 3.8) is 0 Å². The highest BCUT2D eigenvalue weighted by atomic mass is 79.9. The van der Waals surface area contributed by atoms with Gasteiger partial charge in [-0.05, 0) is 41.9 Å². The number of imidazole rings is 1. The first-order valence-corrected chi connectivity index (χ1v) is 7.34. The third kappa shape index (κ3) is 2.70. The molecular weight excluding hydrogens is 320 g/mol. The van der Waals surface area contributed by atoms with E-state index in [2.05, 4.69) is 35.6 Å². The highest BCUT2D eigenvalue weighted by Crippen LogP contribution is 2.19. The second kappa shape index (κ2) is 4.69. The van der Waals surface area contributed by atoms with Crippen LogP contribution in [0.1, 0.15) is 11.5 Å². The molecule has 2 heterocycles. The summed E-state index contributed by atoms with van der Waals surface area (Å²) in [5, 5.41) is 0.0299. The minimum atomic E-state index is -3.65. The van der Waals surface area contributed by atoms with E-state index in [1.807, 2.05) is 0 Å². The lowest BCUT2D eigenvalue weighted by molar-refractivity contribution is 0.598. The highest BCUT2D eigenvalue weighted by molar-refractivity contribution is 9.10. The molecule has 6 nitrogen and oxygen atoms in total. The minimum absolute atomic E-state index is 0.0299. The molecule has 2 N–H and O–H groups in total. The van der Waals surface area contributed by atoms with Gasteiger partial charge in [0.2, 0.25) is 0 Å². The van der Waals surface area contributed by atoms with E-state index in [9.17, 15) is 8.42 Å². The number of aryl methyl sites for hydroxylation is 2. The second-order valence-electron chi connectivity index (χ2n) is 3.71. The van der Waals surface area contributed by atoms with Crippen LogP contribution in [0, 0.1) is 13.8 Å². The van der Waals surface area contributed by atoms with Gasteiger partial charge < -0.3 is 4.98 Å². The van der Waals surface area contributed by atoms with Gasteiger partial charge in [-0.25, -0.2) is 9.97 Å². The summed E-state index contributed by atoms with van der Waals surface area (Å²) in [5.41, 5.74) is 1.02. The molecule has 0 radical (unpaired) electrons. The molecule has 0 saturated heterocycles. The fourth-order valence-corrected chi connectivity index (χ4v) is 2.86. The predicted octanol–water partition coefficient (Wildman–Crippen LogP) is 1.98. The van der Waals surface area contributed by atoms with Crippen LogP contribution >= 0.6 is 15.9 Å². The topological polar surface area (TPSA) is 87.7 Å². The predicted molar refractivity (Wildman–Crippen MR) is 70.8 cm³/mol. The standard InChI is InChI=1S/C10H11BrN4O2S/c1-6-8(3-4-9(11)13-6)15-18(16,17)10-5-12-7(2)14-10/h3-5,15H,1-2H3,(H,12,14). The zero-order valence-corrected chi connectivity index (χ0v) is 12.1. The van der Waals surface area contributed by atoms with Crippen molar-refractivity contribution < 1.29 is 8.42 Å². The summed E-state index contributed by atoms with van der Waals surface area (Å²) >= 11 is 3.22. The molecular formula is C10H11BrN4O2S. The molecule has 2 aromatic heterocycles. The van der Waals surface area contributed by atoms with Gasteiger partial charge in [-0.1, -0.05) is 0 Å². The molecule has 0 amide bonds. The van der Waals surface area contributed by atoms with Crippen LogP contribution in [0.5, 0.6) is 0 Å². The molecule has 0 atom stereocenters. The lowest BCUT2D eigenvalue weighted by Crippen LogP contribution is -2.14. The smallest absolute Gasteiger partial charge is 0.279 e. The number of halogens is 1. The van der Waals surface area contributed by atoms with E-state index >= 15 is 0 Å². The summed E-state index contributed by atoms with van der Waals surface area (Å²) in [5.74, 6) is 0.543. The molecule has 8 heteroatoms. The first-order valence-electron chi connectivity index (χ1n) is 5.06. The molecule has 0 aliphatic heterocycles. The number of aromatic amines is 1. The van der Waals surface area contributed by atoms with E-state index in [1.165, 1.54) is 6.20 Å². The van der Waals surface area contributed by atoms with Gasteiger partial charge in [-0.2, -0.15) is 8.42 Å². The Hall–Kier alpha value is -1.41. The van der Waals surface area contributed by atoms with Gasteiger partial charge in [0.25, 0.3) is 10.0 Å². The Morgan fingerprint density at radius 3 is 2.61 bits per heavy atom. The SMILES string of the molecule is Cc1ncc(S(=O)(=O)Nc2ccc(Br)nc2C)[nH]1. The van der Waals surface area contributed by atoms with E-state index in [4.69, 9.17) is 0 Å². The molecule has 0 aliphatic carbocycles. The Balaban J connectivity index is 2.33. The maximum absolute atomic E-state index is 12.0. The summed E-state index contributed by atoms with van der Waals surface area (Å²) in [4.78, 5) is 10.7. The molecule has 0 spiro atoms. The molecule has 2 aromatic rings. The number of nitrogens with zero attached hydrogens (tertiary/aromatic N) is 2. The van der Waals surface area contributed by atoms with Gasteiger partial charge in [0.1, 0.15) is 10.4 Å². The molecule has 0 bridgehead atoms. The van der Waals surface area contributed by atoms with Gasteiger partial charge in [-0.3, -0.25) is 4.72 Å². The maximum atomic E-state index is 12.0. The quantitative estimate of drug-likeness (QED) is 0.842. The summed E-state index contributed by atoms with van der Waals surface area (Å²) < 4.78 is 27.2. The van der Waals surface area contributed by atoms with E-state index < -0.39 is 10.0 Å². The van der Waals surface area contributed by atoms with Crippen LogP contribution < -0.4 is 4.72 Å². The van der Waals surface area contributed by atoms with Crippen molar-refractivity contribution in [2.24, 2.45) is 0 Å². The Morgan fingerprint density at radius 2 is 2.06 bits per heavy atom. The van der Waals surface area contributed by atoms with E-state index in [-0.39, 0.29) is 5.03 Å². The average Bonchev–Trinajstić information content (AvgIpc) is 2.70. The Bertz CT molecular complexity index is 681. The zero-order chi connectivity index (χ0) is 13.3. The molecule has 0 aromatic carbocycles. The second-order valence-corrected chi connectivity index (χ2v) is 6.17. The first kappa shape index (κ1) is 13.0. The maximum Gasteiger partial charge on any atom is 0.279 e. The number of nitrogens with one attached hydrogen (secondary N) is 2. The van der Waals surface area contributed by atoms with Crippen LogP contribution in [-0.2, 0) is 10.0 Å². The molecule has 0 aliphatic rings. The first-order chi connectivity index (χ1) is 8.38. The number of hydrogen-bond acceptors (Lipinski definition) is 4. The van der Waals surface area contributed by atoms with Crippen LogP contribution in [0.2, 0.25) is 0 Å². The number of H-pyrrole nitrogens is 1. The Labute approximate surface area is 113 Å². The number of rotatable bonds is 3. The molecule has 0 saturated carbocycles. The van der Waals surface area contributed by atoms with E-state index in [0.717, 1.165) is 0 Å². The lowest BCUT2D eigenvalue weighted by atomic mass is 10.3. The molecule has 0 unspecified atom stereocenters. The third-order valence-electron chi connectivity index (χ3n) is 2.27. The average molecular weight is 331 g/mol. The van der Waals surface area contributed by atoms with Crippen molar-refractivity contribution in [2.45, 2.75) is 18.9 Å². The number of sulfonamides is 1. The van der Waals surface area contributed by atoms with Gasteiger partial charge >= 0.3 is 0 Å². The molecule has 0 fully saturated rings. The normalized spacial score (nSPS) is 11.5. The Kier molecular flexibility index (Phi) is 3.40. The lowest BCUT2D eigenvalue weighted by Gasteiger charge is -2.08. The van der Waals surface area contributed by atoms with Gasteiger partial charge in [0.05, 0.1) is 17.6 Å². The van der Waals surface area contributed by atoms with E-state index in [0.29, 0.717) is 21.8 Å². The van der Waals surface area contributed by atoms with Crippen molar-refractivity contribution in [1.82, 2.24) is 15.0 Å². The number of hydrogen-bond donors (Lipinski definition) is 2. The zero-order valence-electron chi connectivity index (χ0n) is 9.73. The largest absolute Gasteiger partial charge is 0.332 e. The van der Waals surface area contributed by atoms with Crippen LogP contribution in [0.4, 0.5) is 5.69 Å². The van der Waals surface area contributed by atoms with Crippen LogP contribution in [0.15, 0.2) is 28.0 Å².